The van der Waals surface area contributed by atoms with Crippen LogP contribution in [0.2, 0.25) is 5.02 Å². The minimum absolute atomic E-state index is 0.0531. The summed E-state index contributed by atoms with van der Waals surface area (Å²) in [5, 5.41) is 52.3. The lowest BCUT2D eigenvalue weighted by molar-refractivity contribution is -0.121. The van der Waals surface area contributed by atoms with Crippen LogP contribution in [0.1, 0.15) is 143 Å². The molecule has 12 aromatic rings. The Morgan fingerprint density at radius 1 is 0.313 bits per heavy atom. The number of carbonyl (C=O) groups is 4. The molecule has 0 radical (unpaired) electrons. The van der Waals surface area contributed by atoms with Crippen LogP contribution in [-0.2, 0) is 45.4 Å². The van der Waals surface area contributed by atoms with Gasteiger partial charge in [-0.2, -0.15) is 0 Å². The van der Waals surface area contributed by atoms with E-state index in [0.29, 0.717) is 99.7 Å². The predicted molar refractivity (Wildman–Crippen MR) is 519 cm³/mol. The Hall–Kier alpha value is -15.4. The number of halogens is 2. The fourth-order valence-corrected chi connectivity index (χ4v) is 16.8. The van der Waals surface area contributed by atoms with Gasteiger partial charge in [0, 0.05) is 0 Å². The second kappa shape index (κ2) is 44.0. The van der Waals surface area contributed by atoms with Crippen LogP contribution in [0, 0.1) is 0 Å². The summed E-state index contributed by atoms with van der Waals surface area (Å²) in [5.41, 5.74) is 22.6. The molecule has 0 atom stereocenters. The normalized spacial score (nSPS) is 13.8. The zero-order valence-electron chi connectivity index (χ0n) is 76.3. The van der Waals surface area contributed by atoms with Crippen LogP contribution in [0.15, 0.2) is 239 Å². The van der Waals surface area contributed by atoms with Gasteiger partial charge in [-0.3, -0.25) is 19.2 Å². The van der Waals surface area contributed by atoms with E-state index in [9.17, 15) is 39.6 Å². The van der Waals surface area contributed by atoms with Crippen LogP contribution >= 0.6 is 27.5 Å². The van der Waals surface area contributed by atoms with Gasteiger partial charge in [0.15, 0.2) is 57.5 Å². The molecule has 8 aromatic carbocycles. The molecule has 4 aliphatic rings. The molecule has 4 heterocycles. The highest BCUT2D eigenvalue weighted by atomic mass is 79.9. The Kier molecular flexibility index (Phi) is 31.6. The summed E-state index contributed by atoms with van der Waals surface area (Å²) in [6.45, 7) is 9.34. The Morgan fingerprint density at radius 2 is 0.604 bits per heavy atom. The highest BCUT2D eigenvalue weighted by Gasteiger charge is 2.33. The molecule has 4 aromatic heterocycles. The van der Waals surface area contributed by atoms with E-state index in [1.165, 1.54) is 35.5 Å². The van der Waals surface area contributed by atoms with Crippen molar-refractivity contribution in [3.8, 4) is 80.5 Å². The first-order valence-corrected chi connectivity index (χ1v) is 43.5. The van der Waals surface area contributed by atoms with E-state index < -0.39 is 0 Å². The van der Waals surface area contributed by atoms with E-state index in [1.807, 2.05) is 155 Å². The van der Waals surface area contributed by atoms with Gasteiger partial charge >= 0.3 is 0 Å². The smallest absolute Gasteiger partial charge is 0.224 e. The van der Waals surface area contributed by atoms with E-state index in [-0.39, 0.29) is 77.3 Å². The first-order chi connectivity index (χ1) is 64.7. The molecular formula is C106H102BrClN4O22. The Bertz CT molecular complexity index is 6420. The molecule has 0 fully saturated rings. The summed E-state index contributed by atoms with van der Waals surface area (Å²) >= 11 is 9.57. The summed E-state index contributed by atoms with van der Waals surface area (Å²) < 4.78 is 75.5. The molecule has 28 heteroatoms. The van der Waals surface area contributed by atoms with Crippen LogP contribution in [-0.4, -0.2) is 115 Å². The summed E-state index contributed by atoms with van der Waals surface area (Å²) in [7, 11) is 15.5. The standard InChI is InChI=1S/C28H29NO7.C26H24BrNO5.C26H24ClNO5.C26H25NO5/c1-16-19(9-17-10-25(34-4)28(31)26(11-17)35-5)21-12-23(32-2)24(33-3)13-22(21)20(16)14-27(30)29-15-18-7-6-8-36-18;2*1-15-20(9-16-10-23(27)26(30)24(11-16)32-3)19-7-6-17(31-2)12-22(19)21(15)13-25(29)28-14-18-5-4-8-33-18;1-16-21(11-17-6-9-24(28)25(12-17)31-3)20-8-7-18(30-2)13-23(20)22(16)14-26(29)27-15-19-5-4-10-32-19/h6-13,31H,14-15H2,1-5H3,(H,29,30);2*4-12,30H,13-14H2,1-3H3,(H,28,29);4-13,28H,14-15H2,1-3H3,(H,27,29)/b19-9-;2*20-9-;21-11-. The van der Waals surface area contributed by atoms with Crippen LogP contribution in [0.4, 0.5) is 0 Å². The zero-order valence-corrected chi connectivity index (χ0v) is 78.7. The van der Waals surface area contributed by atoms with Crippen LogP contribution in [0.3, 0.4) is 0 Å². The number of phenols is 4. The van der Waals surface area contributed by atoms with Gasteiger partial charge in [-0.05, 0) is 347 Å². The Balaban J connectivity index is 0.000000152. The third-order valence-corrected chi connectivity index (χ3v) is 24.0. The van der Waals surface area contributed by atoms with Crippen LogP contribution < -0.4 is 68.6 Å². The summed E-state index contributed by atoms with van der Waals surface area (Å²) in [5.74, 6) is 7.36. The Morgan fingerprint density at radius 3 is 0.933 bits per heavy atom. The van der Waals surface area contributed by atoms with Gasteiger partial charge in [-0.1, -0.05) is 35.9 Å². The largest absolute Gasteiger partial charge is 0.504 e. The summed E-state index contributed by atoms with van der Waals surface area (Å²) in [6, 6.07) is 51.5. The first-order valence-electron chi connectivity index (χ1n) is 42.3. The van der Waals surface area contributed by atoms with E-state index in [0.717, 1.165) is 145 Å². The maximum absolute atomic E-state index is 12.9. The number of ether oxygens (including phenoxy) is 10. The van der Waals surface area contributed by atoms with Gasteiger partial charge in [-0.15, -0.1) is 0 Å². The molecule has 0 unspecified atom stereocenters. The molecule has 134 heavy (non-hydrogen) atoms. The SMILES string of the molecule is COc1cc2c(cc1OC)/C(=C\c1cc(OC)c(O)c(OC)c1)C(C)=C2CC(=O)NCc1ccco1.COc1ccc2c(c1)C(CC(=O)NCc1ccco1)=C(C)/C2=C/c1cc(Br)c(O)c(OC)c1.COc1ccc2c(c1)C(CC(=O)NCc1ccco1)=C(C)/C2=C/c1cc(Cl)c(O)c(OC)c1.COc1ccc2c(c1)C(CC(=O)NCc1ccco1)=C(C)/C2=C/c1ccc(O)c(OC)c1. The van der Waals surface area contributed by atoms with Crippen molar-refractivity contribution in [2.24, 2.45) is 0 Å². The van der Waals surface area contributed by atoms with Crippen molar-refractivity contribution >= 4 is 120 Å². The predicted octanol–water partition coefficient (Wildman–Crippen LogP) is 21.6. The molecule has 0 aliphatic heterocycles. The number of furan rings is 4. The number of carbonyl (C=O) groups excluding carboxylic acids is 4. The third kappa shape index (κ3) is 22.3. The first kappa shape index (κ1) is 96.2. The van der Waals surface area contributed by atoms with Crippen molar-refractivity contribution in [2.45, 2.75) is 79.6 Å². The number of benzene rings is 8. The highest BCUT2D eigenvalue weighted by molar-refractivity contribution is 9.10. The van der Waals surface area contributed by atoms with E-state index in [4.69, 9.17) is 76.6 Å². The molecule has 4 aliphatic carbocycles. The van der Waals surface area contributed by atoms with Crippen LogP contribution in [0.25, 0.3) is 68.9 Å². The van der Waals surface area contributed by atoms with E-state index >= 15 is 0 Å². The maximum Gasteiger partial charge on any atom is 0.224 e. The van der Waals surface area contributed by atoms with Crippen LogP contribution in [0.5, 0.6) is 80.5 Å². The molecule has 4 amide bonds. The molecule has 0 bridgehead atoms. The van der Waals surface area contributed by atoms with Crippen molar-refractivity contribution in [3.63, 3.8) is 0 Å². The number of allylic oxidation sites excluding steroid dienone is 8. The van der Waals surface area contributed by atoms with E-state index in [2.05, 4.69) is 37.2 Å². The maximum atomic E-state index is 12.9. The third-order valence-electron chi connectivity index (χ3n) is 23.1. The number of rotatable bonds is 30. The van der Waals surface area contributed by atoms with E-state index in [1.54, 1.807) is 127 Å². The average Bonchev–Trinajstić information content (AvgIpc) is 1.62. The zero-order chi connectivity index (χ0) is 95.6. The van der Waals surface area contributed by atoms with Crippen molar-refractivity contribution in [1.82, 2.24) is 21.3 Å². The lowest BCUT2D eigenvalue weighted by Gasteiger charge is -2.13. The number of phenolic OH excluding ortho intramolecular Hbond substituents is 4. The minimum atomic E-state index is -0.129. The second-order valence-electron chi connectivity index (χ2n) is 31.1. The quantitative estimate of drug-likeness (QED) is 0.0207. The fourth-order valence-electron chi connectivity index (χ4n) is 16.1. The topological polar surface area (TPSA) is 342 Å². The van der Waals surface area contributed by atoms with Gasteiger partial charge in [0.25, 0.3) is 0 Å². The molecule has 16 rings (SSSR count). The average molecular weight is 1900 g/mol. The van der Waals surface area contributed by atoms with Gasteiger partial charge in [0.2, 0.25) is 29.4 Å². The highest BCUT2D eigenvalue weighted by Crippen LogP contribution is 2.52. The van der Waals surface area contributed by atoms with Gasteiger partial charge in [0.05, 0.1) is 158 Å². The molecular weight excluding hydrogens is 1800 g/mol. The minimum Gasteiger partial charge on any atom is -0.504 e. The van der Waals surface area contributed by atoms with Gasteiger partial charge in [-0.25, -0.2) is 0 Å². The number of aromatic hydroxyl groups is 4. The summed E-state index contributed by atoms with van der Waals surface area (Å²) in [4.78, 5) is 51.1. The van der Waals surface area contributed by atoms with Crippen molar-refractivity contribution in [1.29, 1.82) is 0 Å². The molecule has 0 saturated carbocycles. The molecule has 0 spiro atoms. The molecule has 692 valence electrons. The number of nitrogens with one attached hydrogen (secondary N) is 4. The lowest BCUT2D eigenvalue weighted by Crippen LogP contribution is -2.22. The second-order valence-corrected chi connectivity index (χ2v) is 32.3. The number of fused-ring (bicyclic) bond motifs is 4. The van der Waals surface area contributed by atoms with Crippen molar-refractivity contribution in [2.75, 3.05) is 71.1 Å². The monoisotopic (exact) mass is 1900 g/mol. The molecule has 0 saturated heterocycles. The van der Waals surface area contributed by atoms with Crippen molar-refractivity contribution < 1.29 is 105 Å². The lowest BCUT2D eigenvalue weighted by atomic mass is 9.99. The number of methoxy groups -OCH3 is 10. The molecule has 26 nitrogen and oxygen atoms in total. The number of hydrogen-bond acceptors (Lipinski definition) is 22. The van der Waals surface area contributed by atoms with Gasteiger partial charge < -0.3 is 107 Å². The van der Waals surface area contributed by atoms with Gasteiger partial charge in [0.1, 0.15) is 40.3 Å². The Labute approximate surface area is 788 Å². The fraction of sp³-hybridized carbons (Fsp3) is 0.208. The van der Waals surface area contributed by atoms with Crippen molar-refractivity contribution in [3.05, 3.63) is 317 Å². The molecule has 8 N–H and O–H groups in total. The summed E-state index contributed by atoms with van der Waals surface area (Å²) in [6.07, 6.45) is 15.2. The number of amides is 4. The number of hydrogen-bond donors (Lipinski definition) is 8.